The van der Waals surface area contributed by atoms with E-state index < -0.39 is 0 Å². The van der Waals surface area contributed by atoms with Crippen molar-refractivity contribution in [2.75, 3.05) is 44.3 Å². The normalized spacial score (nSPS) is 15.7. The highest BCUT2D eigenvalue weighted by Gasteiger charge is 2.19. The number of nitrogens with zero attached hydrogens (tertiary/aromatic N) is 1. The van der Waals surface area contributed by atoms with Gasteiger partial charge in [-0.25, -0.2) is 0 Å². The first-order chi connectivity index (χ1) is 10.5. The maximum Gasteiger partial charge on any atom is 0.234 e. The molecule has 1 aromatic carbocycles. The lowest BCUT2D eigenvalue weighted by Gasteiger charge is -2.31. The van der Waals surface area contributed by atoms with Gasteiger partial charge in [0, 0.05) is 5.69 Å². The van der Waals surface area contributed by atoms with Crippen LogP contribution in [0.2, 0.25) is 0 Å². The zero-order valence-corrected chi connectivity index (χ0v) is 15.1. The van der Waals surface area contributed by atoms with Crippen LogP contribution in [0.25, 0.3) is 0 Å². The first kappa shape index (κ1) is 17.2. The standard InChI is InChI=1S/C16H23N3OS2/c1-12-4-5-14(10-13(12)2)17-15(20)11-22-16(21)19-8-6-18(3)7-9-19/h4-5,10H,6-9,11H2,1-3H3,(H,17,20)/p+1. The van der Waals surface area contributed by atoms with Crippen molar-refractivity contribution in [1.29, 1.82) is 0 Å². The number of carbonyl (C=O) groups excluding carboxylic acids is 1. The van der Waals surface area contributed by atoms with Crippen molar-refractivity contribution in [3.05, 3.63) is 29.3 Å². The summed E-state index contributed by atoms with van der Waals surface area (Å²) in [5, 5.41) is 2.93. The van der Waals surface area contributed by atoms with E-state index in [0.29, 0.717) is 5.75 Å². The lowest BCUT2D eigenvalue weighted by molar-refractivity contribution is -0.883. The molecule has 120 valence electrons. The molecule has 2 N–H and O–H groups in total. The molecule has 1 heterocycles. The first-order valence-corrected chi connectivity index (χ1v) is 8.95. The number of thioether (sulfide) groups is 1. The molecule has 0 aromatic heterocycles. The fraction of sp³-hybridized carbons (Fsp3) is 0.500. The second-order valence-electron chi connectivity index (χ2n) is 5.85. The molecule has 0 spiro atoms. The number of benzene rings is 1. The molecule has 22 heavy (non-hydrogen) atoms. The van der Waals surface area contributed by atoms with E-state index in [2.05, 4.69) is 24.2 Å². The van der Waals surface area contributed by atoms with Gasteiger partial charge in [0.1, 0.15) is 4.32 Å². The van der Waals surface area contributed by atoms with Crippen LogP contribution in [0, 0.1) is 13.8 Å². The smallest absolute Gasteiger partial charge is 0.234 e. The molecule has 0 aliphatic carbocycles. The van der Waals surface area contributed by atoms with Gasteiger partial charge in [0.2, 0.25) is 5.91 Å². The zero-order chi connectivity index (χ0) is 16.1. The molecule has 1 fully saturated rings. The van der Waals surface area contributed by atoms with Crippen LogP contribution in [0.4, 0.5) is 5.69 Å². The number of hydrogen-bond donors (Lipinski definition) is 2. The van der Waals surface area contributed by atoms with Crippen molar-refractivity contribution in [2.24, 2.45) is 0 Å². The number of piperazine rings is 1. The molecular weight excluding hydrogens is 314 g/mol. The third kappa shape index (κ3) is 4.97. The van der Waals surface area contributed by atoms with Gasteiger partial charge in [-0.1, -0.05) is 30.0 Å². The SMILES string of the molecule is Cc1ccc(NC(=O)CSC(=S)N2CC[NH+](C)CC2)cc1C. The van der Waals surface area contributed by atoms with Gasteiger partial charge < -0.3 is 15.1 Å². The Hall–Kier alpha value is -1.11. The largest absolute Gasteiger partial charge is 0.346 e. The molecule has 0 atom stereocenters. The highest BCUT2D eigenvalue weighted by Crippen LogP contribution is 2.15. The minimum atomic E-state index is -0.00430. The van der Waals surface area contributed by atoms with Crippen LogP contribution in [0.5, 0.6) is 0 Å². The van der Waals surface area contributed by atoms with Crippen LogP contribution in [-0.4, -0.2) is 54.1 Å². The average molecular weight is 339 g/mol. The van der Waals surface area contributed by atoms with Gasteiger partial charge in [-0.3, -0.25) is 4.79 Å². The molecule has 0 unspecified atom stereocenters. The second kappa shape index (κ2) is 7.94. The Bertz CT molecular complexity index is 554. The molecule has 2 rings (SSSR count). The molecule has 0 bridgehead atoms. The topological polar surface area (TPSA) is 36.8 Å². The Morgan fingerprint density at radius 1 is 1.32 bits per heavy atom. The number of hydrogen-bond acceptors (Lipinski definition) is 3. The van der Waals surface area contributed by atoms with Crippen molar-refractivity contribution in [3.63, 3.8) is 0 Å². The Labute approximate surface area is 142 Å². The van der Waals surface area contributed by atoms with E-state index in [1.54, 1.807) is 0 Å². The van der Waals surface area contributed by atoms with E-state index in [4.69, 9.17) is 12.2 Å². The van der Waals surface area contributed by atoms with Gasteiger partial charge >= 0.3 is 0 Å². The van der Waals surface area contributed by atoms with E-state index >= 15 is 0 Å². The van der Waals surface area contributed by atoms with Crippen molar-refractivity contribution >= 4 is 39.9 Å². The van der Waals surface area contributed by atoms with Gasteiger partial charge in [0.25, 0.3) is 0 Å². The molecule has 0 radical (unpaired) electrons. The second-order valence-corrected chi connectivity index (χ2v) is 7.46. The molecule has 4 nitrogen and oxygen atoms in total. The number of carbonyl (C=O) groups is 1. The molecule has 1 saturated heterocycles. The maximum atomic E-state index is 12.0. The number of rotatable bonds is 3. The Morgan fingerprint density at radius 2 is 2.00 bits per heavy atom. The van der Waals surface area contributed by atoms with Crippen LogP contribution >= 0.6 is 24.0 Å². The van der Waals surface area contributed by atoms with E-state index in [1.165, 1.54) is 27.8 Å². The summed E-state index contributed by atoms with van der Waals surface area (Å²) in [5.74, 6) is 0.362. The van der Waals surface area contributed by atoms with Gasteiger partial charge in [0.05, 0.1) is 39.0 Å². The van der Waals surface area contributed by atoms with Crippen LogP contribution < -0.4 is 10.2 Å². The summed E-state index contributed by atoms with van der Waals surface area (Å²) in [6.07, 6.45) is 0. The highest BCUT2D eigenvalue weighted by atomic mass is 32.2. The number of amides is 1. The van der Waals surface area contributed by atoms with Crippen molar-refractivity contribution in [3.8, 4) is 0 Å². The Kier molecular flexibility index (Phi) is 6.23. The maximum absolute atomic E-state index is 12.0. The first-order valence-electron chi connectivity index (χ1n) is 7.56. The number of anilines is 1. The minimum absolute atomic E-state index is 0.00430. The number of thiocarbonyl (C=S) groups is 1. The monoisotopic (exact) mass is 338 g/mol. The fourth-order valence-electron chi connectivity index (χ4n) is 2.31. The summed E-state index contributed by atoms with van der Waals surface area (Å²) in [7, 11) is 2.20. The summed E-state index contributed by atoms with van der Waals surface area (Å²) in [6, 6.07) is 5.96. The average Bonchev–Trinajstić information content (AvgIpc) is 2.49. The summed E-state index contributed by atoms with van der Waals surface area (Å²) in [5.41, 5.74) is 3.26. The molecule has 1 aromatic rings. The van der Waals surface area contributed by atoms with Crippen molar-refractivity contribution < 1.29 is 9.69 Å². The minimum Gasteiger partial charge on any atom is -0.346 e. The number of quaternary nitrogens is 1. The van der Waals surface area contributed by atoms with Crippen molar-refractivity contribution in [1.82, 2.24) is 4.90 Å². The van der Waals surface area contributed by atoms with E-state index in [-0.39, 0.29) is 5.91 Å². The summed E-state index contributed by atoms with van der Waals surface area (Å²) in [4.78, 5) is 15.8. The quantitative estimate of drug-likeness (QED) is 0.809. The molecule has 6 heteroatoms. The molecule has 1 aliphatic rings. The fourth-order valence-corrected chi connectivity index (χ4v) is 3.36. The van der Waals surface area contributed by atoms with E-state index in [9.17, 15) is 4.79 Å². The lowest BCUT2D eigenvalue weighted by atomic mass is 10.1. The van der Waals surface area contributed by atoms with E-state index in [0.717, 1.165) is 36.2 Å². The molecule has 0 saturated carbocycles. The zero-order valence-electron chi connectivity index (χ0n) is 13.4. The van der Waals surface area contributed by atoms with Gasteiger partial charge in [0.15, 0.2) is 0 Å². The Morgan fingerprint density at radius 3 is 2.64 bits per heavy atom. The van der Waals surface area contributed by atoms with E-state index in [1.807, 2.05) is 25.1 Å². The summed E-state index contributed by atoms with van der Waals surface area (Å²) < 4.78 is 0.836. The molecule has 1 amide bonds. The van der Waals surface area contributed by atoms with Gasteiger partial charge in [-0.05, 0) is 37.1 Å². The number of nitrogens with one attached hydrogen (secondary N) is 2. The van der Waals surface area contributed by atoms with Crippen molar-refractivity contribution in [2.45, 2.75) is 13.8 Å². The Balaban J connectivity index is 1.77. The predicted octanol–water partition coefficient (Wildman–Crippen LogP) is 1.09. The third-order valence-corrected chi connectivity index (χ3v) is 5.52. The van der Waals surface area contributed by atoms with Gasteiger partial charge in [-0.15, -0.1) is 0 Å². The molecular formula is C16H24N3OS2+. The molecule has 1 aliphatic heterocycles. The lowest BCUT2D eigenvalue weighted by Crippen LogP contribution is -3.12. The predicted molar refractivity (Wildman–Crippen MR) is 97.8 cm³/mol. The number of likely N-dealkylation sites (N-methyl/N-ethyl adjacent to an activating group) is 1. The third-order valence-electron chi connectivity index (χ3n) is 3.99. The van der Waals surface area contributed by atoms with Crippen LogP contribution in [0.3, 0.4) is 0 Å². The summed E-state index contributed by atoms with van der Waals surface area (Å²) >= 11 is 6.89. The van der Waals surface area contributed by atoms with Crippen LogP contribution in [0.15, 0.2) is 18.2 Å². The van der Waals surface area contributed by atoms with Crippen LogP contribution in [0.1, 0.15) is 11.1 Å². The van der Waals surface area contributed by atoms with Crippen LogP contribution in [-0.2, 0) is 4.79 Å². The highest BCUT2D eigenvalue weighted by molar-refractivity contribution is 8.23. The number of aryl methyl sites for hydroxylation is 2. The summed E-state index contributed by atoms with van der Waals surface area (Å²) in [6.45, 7) is 8.29. The van der Waals surface area contributed by atoms with Gasteiger partial charge in [-0.2, -0.15) is 0 Å².